The monoisotopic (exact) mass is 391 g/mol. The molecule has 0 spiro atoms. The molecule has 3 aromatic rings. The minimum Gasteiger partial charge on any atom is -0.481 e. The van der Waals surface area contributed by atoms with Gasteiger partial charge in [-0.05, 0) is 47.6 Å². The summed E-state index contributed by atoms with van der Waals surface area (Å²) < 4.78 is 0. The Morgan fingerprint density at radius 1 is 1.10 bits per heavy atom. The predicted octanol–water partition coefficient (Wildman–Crippen LogP) is 3.57. The summed E-state index contributed by atoms with van der Waals surface area (Å²) in [5, 5.41) is 14.2. The highest BCUT2D eigenvalue weighted by Crippen LogP contribution is 2.22. The van der Waals surface area contributed by atoms with Gasteiger partial charge in [-0.1, -0.05) is 37.3 Å². The molecule has 2 unspecified atom stereocenters. The van der Waals surface area contributed by atoms with Crippen molar-refractivity contribution in [2.45, 2.75) is 25.7 Å². The summed E-state index contributed by atoms with van der Waals surface area (Å²) in [6, 6.07) is 15.0. The van der Waals surface area contributed by atoms with E-state index >= 15 is 0 Å². The summed E-state index contributed by atoms with van der Waals surface area (Å²) in [5.74, 6) is -1.86. The van der Waals surface area contributed by atoms with Crippen LogP contribution in [0.25, 0.3) is 10.8 Å². The van der Waals surface area contributed by atoms with E-state index in [0.29, 0.717) is 18.5 Å². The lowest BCUT2D eigenvalue weighted by Gasteiger charge is -2.17. The fourth-order valence-corrected chi connectivity index (χ4v) is 3.36. The summed E-state index contributed by atoms with van der Waals surface area (Å²) in [4.78, 5) is 28.1. The molecule has 1 aromatic heterocycles. The first-order chi connectivity index (χ1) is 14.0. The van der Waals surface area contributed by atoms with Crippen molar-refractivity contribution in [2.75, 3.05) is 11.9 Å². The van der Waals surface area contributed by atoms with Gasteiger partial charge in [0.25, 0.3) is 0 Å². The zero-order valence-electron chi connectivity index (χ0n) is 16.3. The summed E-state index contributed by atoms with van der Waals surface area (Å²) in [7, 11) is 0. The number of nitrogens with one attached hydrogen (secondary N) is 1. The number of nitrogens with zero attached hydrogens (tertiary/aromatic N) is 1. The van der Waals surface area contributed by atoms with Crippen LogP contribution in [0.1, 0.15) is 30.4 Å². The molecule has 6 heteroatoms. The van der Waals surface area contributed by atoms with Gasteiger partial charge in [0.1, 0.15) is 0 Å². The van der Waals surface area contributed by atoms with Gasteiger partial charge in [0.05, 0.1) is 11.8 Å². The van der Waals surface area contributed by atoms with Crippen LogP contribution in [0, 0.1) is 5.92 Å². The first-order valence-electron chi connectivity index (χ1n) is 9.68. The first kappa shape index (κ1) is 20.5. The van der Waals surface area contributed by atoms with Crippen molar-refractivity contribution in [3.8, 4) is 0 Å². The maximum Gasteiger partial charge on any atom is 0.306 e. The minimum atomic E-state index is -0.790. The Kier molecular flexibility index (Phi) is 6.57. The minimum absolute atomic E-state index is 0.175. The first-order valence-corrected chi connectivity index (χ1v) is 9.68. The number of carboxylic acid groups (broad SMARTS) is 1. The zero-order chi connectivity index (χ0) is 20.8. The molecule has 1 heterocycles. The summed E-state index contributed by atoms with van der Waals surface area (Å²) >= 11 is 0. The molecule has 0 radical (unpaired) electrons. The van der Waals surface area contributed by atoms with Gasteiger partial charge in [-0.2, -0.15) is 0 Å². The van der Waals surface area contributed by atoms with Crippen molar-refractivity contribution in [3.63, 3.8) is 0 Å². The molecule has 0 saturated carbocycles. The fourth-order valence-electron chi connectivity index (χ4n) is 3.36. The van der Waals surface area contributed by atoms with E-state index < -0.39 is 17.8 Å². The number of aromatic nitrogens is 1. The average Bonchev–Trinajstić information content (AvgIpc) is 2.73. The number of anilines is 1. The molecule has 6 nitrogen and oxygen atoms in total. The third kappa shape index (κ3) is 4.97. The molecular weight excluding hydrogens is 366 g/mol. The van der Waals surface area contributed by atoms with Crippen LogP contribution in [0.3, 0.4) is 0 Å². The lowest BCUT2D eigenvalue weighted by Crippen LogP contribution is -2.27. The molecule has 29 heavy (non-hydrogen) atoms. The molecule has 0 aliphatic carbocycles. The predicted molar refractivity (Wildman–Crippen MR) is 114 cm³/mol. The standard InChI is InChI=1S/C23H25N3O3/c1-2-16(23(28)29)11-15-3-5-17(6-4-15)21(13-24)22(27)26-20-8-7-19-14-25-10-9-18(19)12-20/h3-10,12,14,16,21H,2,11,13,24H2,1H3,(H,26,27)(H,28,29). The number of hydrogen-bond donors (Lipinski definition) is 3. The molecule has 2 aromatic carbocycles. The lowest BCUT2D eigenvalue weighted by atomic mass is 9.93. The fraction of sp³-hybridized carbons (Fsp3) is 0.261. The van der Waals surface area contributed by atoms with E-state index in [1.54, 1.807) is 12.4 Å². The number of hydrogen-bond acceptors (Lipinski definition) is 4. The second-order valence-electron chi connectivity index (χ2n) is 7.10. The van der Waals surface area contributed by atoms with E-state index in [9.17, 15) is 14.7 Å². The van der Waals surface area contributed by atoms with Gasteiger partial charge < -0.3 is 16.2 Å². The van der Waals surface area contributed by atoms with E-state index in [1.807, 2.05) is 55.5 Å². The Hall–Kier alpha value is -3.25. The van der Waals surface area contributed by atoms with Gasteiger partial charge in [-0.15, -0.1) is 0 Å². The van der Waals surface area contributed by atoms with E-state index in [-0.39, 0.29) is 12.5 Å². The number of carbonyl (C=O) groups is 2. The molecule has 0 aliphatic rings. The normalized spacial score (nSPS) is 13.0. The molecule has 3 rings (SSSR count). The quantitative estimate of drug-likeness (QED) is 0.544. The highest BCUT2D eigenvalue weighted by molar-refractivity contribution is 5.98. The van der Waals surface area contributed by atoms with Crippen molar-refractivity contribution in [1.82, 2.24) is 4.98 Å². The molecule has 0 aliphatic heterocycles. The molecule has 4 N–H and O–H groups in total. The second-order valence-corrected chi connectivity index (χ2v) is 7.10. The average molecular weight is 391 g/mol. The Balaban J connectivity index is 1.72. The van der Waals surface area contributed by atoms with Gasteiger partial charge in [-0.3, -0.25) is 14.6 Å². The van der Waals surface area contributed by atoms with Crippen LogP contribution < -0.4 is 11.1 Å². The maximum atomic E-state index is 12.8. The number of amides is 1. The number of pyridine rings is 1. The van der Waals surface area contributed by atoms with E-state index in [1.165, 1.54) is 0 Å². The number of nitrogens with two attached hydrogens (primary N) is 1. The van der Waals surface area contributed by atoms with E-state index in [4.69, 9.17) is 5.73 Å². The van der Waals surface area contributed by atoms with Gasteiger partial charge in [0, 0.05) is 30.0 Å². The van der Waals surface area contributed by atoms with Crippen LogP contribution in [0.15, 0.2) is 60.9 Å². The van der Waals surface area contributed by atoms with Crippen LogP contribution in [-0.2, 0) is 16.0 Å². The van der Waals surface area contributed by atoms with E-state index in [2.05, 4.69) is 10.3 Å². The van der Waals surface area contributed by atoms with Crippen LogP contribution in [0.4, 0.5) is 5.69 Å². The number of benzene rings is 2. The van der Waals surface area contributed by atoms with Crippen molar-refractivity contribution >= 4 is 28.3 Å². The van der Waals surface area contributed by atoms with Crippen molar-refractivity contribution in [2.24, 2.45) is 11.7 Å². The van der Waals surface area contributed by atoms with Crippen LogP contribution in [-0.4, -0.2) is 28.5 Å². The maximum absolute atomic E-state index is 12.8. The summed E-state index contributed by atoms with van der Waals surface area (Å²) in [5.41, 5.74) is 8.33. The van der Waals surface area contributed by atoms with E-state index in [0.717, 1.165) is 21.9 Å². The van der Waals surface area contributed by atoms with Gasteiger partial charge in [-0.25, -0.2) is 0 Å². The molecule has 2 atom stereocenters. The van der Waals surface area contributed by atoms with Crippen LogP contribution in [0.2, 0.25) is 0 Å². The van der Waals surface area contributed by atoms with Gasteiger partial charge in [0.15, 0.2) is 0 Å². The Morgan fingerprint density at radius 2 is 1.86 bits per heavy atom. The Labute approximate surface area is 169 Å². The second kappa shape index (κ2) is 9.30. The molecule has 0 fully saturated rings. The SMILES string of the molecule is CCC(Cc1ccc(C(CN)C(=O)Nc2ccc3cnccc3c2)cc1)C(=O)O. The topological polar surface area (TPSA) is 105 Å². The van der Waals surface area contributed by atoms with Gasteiger partial charge >= 0.3 is 5.97 Å². The zero-order valence-corrected chi connectivity index (χ0v) is 16.3. The van der Waals surface area contributed by atoms with Crippen molar-refractivity contribution in [3.05, 3.63) is 72.1 Å². The Morgan fingerprint density at radius 3 is 2.52 bits per heavy atom. The van der Waals surface area contributed by atoms with Crippen LogP contribution in [0.5, 0.6) is 0 Å². The molecule has 1 amide bonds. The molecule has 0 saturated heterocycles. The third-order valence-corrected chi connectivity index (χ3v) is 5.17. The third-order valence-electron chi connectivity index (χ3n) is 5.17. The smallest absolute Gasteiger partial charge is 0.306 e. The summed E-state index contributed by atoms with van der Waals surface area (Å²) in [6.45, 7) is 2.04. The largest absolute Gasteiger partial charge is 0.481 e. The number of rotatable bonds is 8. The van der Waals surface area contributed by atoms with Crippen molar-refractivity contribution < 1.29 is 14.7 Å². The Bertz CT molecular complexity index is 1000. The molecule has 150 valence electrons. The highest BCUT2D eigenvalue weighted by Gasteiger charge is 2.20. The molecule has 0 bridgehead atoms. The molecular formula is C23H25N3O3. The number of carboxylic acids is 1. The number of carbonyl (C=O) groups excluding carboxylic acids is 1. The van der Waals surface area contributed by atoms with Crippen molar-refractivity contribution in [1.29, 1.82) is 0 Å². The summed E-state index contributed by atoms with van der Waals surface area (Å²) in [6.07, 6.45) is 4.54. The highest BCUT2D eigenvalue weighted by atomic mass is 16.4. The van der Waals surface area contributed by atoms with Gasteiger partial charge in [0.2, 0.25) is 5.91 Å². The van der Waals surface area contributed by atoms with Crippen LogP contribution >= 0.6 is 0 Å². The number of fused-ring (bicyclic) bond motifs is 1. The lowest BCUT2D eigenvalue weighted by molar-refractivity contribution is -0.141. The number of aliphatic carboxylic acids is 1.